The molecule has 0 bridgehead atoms. The molecule has 1 aromatic heterocycles. The number of carbonyl (C=O) groups is 2. The number of aromatic nitrogens is 2. The Labute approximate surface area is 114 Å². The molecule has 0 unspecified atom stereocenters. The monoisotopic (exact) mass is 283 g/mol. The van der Waals surface area contributed by atoms with Crippen LogP contribution in [-0.4, -0.2) is 44.8 Å². The van der Waals surface area contributed by atoms with Crippen LogP contribution in [0.1, 0.15) is 13.8 Å². The number of carboxylic acids is 1. The van der Waals surface area contributed by atoms with Gasteiger partial charge in [0.15, 0.2) is 0 Å². The third kappa shape index (κ3) is 4.71. The first kappa shape index (κ1) is 15.7. The van der Waals surface area contributed by atoms with Gasteiger partial charge in [0.2, 0.25) is 5.91 Å². The Morgan fingerprint density at radius 1 is 1.35 bits per heavy atom. The molecule has 2 N–H and O–H groups in total. The number of aromatic amines is 1. The summed E-state index contributed by atoms with van der Waals surface area (Å²) in [6, 6.07) is 2.11. The van der Waals surface area contributed by atoms with Crippen molar-refractivity contribution in [3.05, 3.63) is 32.8 Å². The summed E-state index contributed by atoms with van der Waals surface area (Å²) in [5.41, 5.74) is -1.04. The number of amides is 1. The molecule has 110 valence electrons. The van der Waals surface area contributed by atoms with Gasteiger partial charge in [-0.1, -0.05) is 13.8 Å². The third-order valence-electron chi connectivity index (χ3n) is 2.45. The highest BCUT2D eigenvalue weighted by atomic mass is 16.4. The molecular formula is C12H17N3O5. The lowest BCUT2D eigenvalue weighted by atomic mass is 10.2. The average molecular weight is 283 g/mol. The standard InChI is InChI=1S/C12H17N3O5/c1-8(2)5-14(7-12(19)20)11(18)6-15-10(17)4-3-9(16)13-15/h3-4,8H,5-7H2,1-2H3,(H,13,16)(H,19,20). The molecule has 1 heterocycles. The fourth-order valence-corrected chi connectivity index (χ4v) is 1.67. The Balaban J connectivity index is 2.89. The number of carboxylic acid groups (broad SMARTS) is 1. The van der Waals surface area contributed by atoms with Gasteiger partial charge in [-0.3, -0.25) is 24.3 Å². The normalized spacial score (nSPS) is 10.6. The van der Waals surface area contributed by atoms with E-state index in [0.29, 0.717) is 0 Å². The fraction of sp³-hybridized carbons (Fsp3) is 0.500. The zero-order valence-electron chi connectivity index (χ0n) is 11.3. The lowest BCUT2D eigenvalue weighted by Crippen LogP contribution is -2.42. The second-order valence-electron chi connectivity index (χ2n) is 4.80. The van der Waals surface area contributed by atoms with Crippen molar-refractivity contribution >= 4 is 11.9 Å². The van der Waals surface area contributed by atoms with Crippen molar-refractivity contribution in [3.8, 4) is 0 Å². The molecule has 0 saturated carbocycles. The lowest BCUT2D eigenvalue weighted by Gasteiger charge is -2.22. The van der Waals surface area contributed by atoms with Crippen LogP contribution in [0.25, 0.3) is 0 Å². The summed E-state index contributed by atoms with van der Waals surface area (Å²) in [5, 5.41) is 11.0. The van der Waals surface area contributed by atoms with Crippen LogP contribution in [0.2, 0.25) is 0 Å². The van der Waals surface area contributed by atoms with Crippen LogP contribution in [0.3, 0.4) is 0 Å². The number of hydrogen-bond donors (Lipinski definition) is 2. The Morgan fingerprint density at radius 3 is 2.55 bits per heavy atom. The van der Waals surface area contributed by atoms with E-state index in [1.807, 2.05) is 13.8 Å². The van der Waals surface area contributed by atoms with Crippen LogP contribution in [-0.2, 0) is 16.1 Å². The molecule has 0 aliphatic rings. The maximum atomic E-state index is 12.0. The number of rotatable bonds is 6. The first-order valence-corrected chi connectivity index (χ1v) is 6.09. The highest BCUT2D eigenvalue weighted by Gasteiger charge is 2.18. The van der Waals surface area contributed by atoms with Gasteiger partial charge in [-0.05, 0) is 5.92 Å². The lowest BCUT2D eigenvalue weighted by molar-refractivity contribution is -0.145. The minimum atomic E-state index is -1.13. The summed E-state index contributed by atoms with van der Waals surface area (Å²) >= 11 is 0. The average Bonchev–Trinajstić information content (AvgIpc) is 2.31. The van der Waals surface area contributed by atoms with Crippen molar-refractivity contribution in [2.45, 2.75) is 20.4 Å². The largest absolute Gasteiger partial charge is 0.480 e. The maximum Gasteiger partial charge on any atom is 0.323 e. The molecule has 8 nitrogen and oxygen atoms in total. The van der Waals surface area contributed by atoms with E-state index in [-0.39, 0.29) is 12.5 Å². The van der Waals surface area contributed by atoms with Crippen molar-refractivity contribution in [3.63, 3.8) is 0 Å². The number of hydrogen-bond acceptors (Lipinski definition) is 4. The predicted octanol–water partition coefficient (Wildman–Crippen LogP) is -0.894. The Hall–Kier alpha value is -2.38. The van der Waals surface area contributed by atoms with E-state index in [1.165, 1.54) is 0 Å². The van der Waals surface area contributed by atoms with Crippen LogP contribution in [0, 0.1) is 5.92 Å². The van der Waals surface area contributed by atoms with Crippen molar-refractivity contribution in [2.24, 2.45) is 5.92 Å². The van der Waals surface area contributed by atoms with E-state index in [9.17, 15) is 19.2 Å². The van der Waals surface area contributed by atoms with Gasteiger partial charge in [-0.15, -0.1) is 0 Å². The number of nitrogens with zero attached hydrogens (tertiary/aromatic N) is 2. The zero-order valence-corrected chi connectivity index (χ0v) is 11.3. The molecule has 1 rings (SSSR count). The van der Waals surface area contributed by atoms with Crippen molar-refractivity contribution in [1.82, 2.24) is 14.7 Å². The first-order chi connectivity index (χ1) is 9.29. The Bertz CT molecular complexity index is 602. The molecule has 0 atom stereocenters. The Morgan fingerprint density at radius 2 is 2.00 bits per heavy atom. The SMILES string of the molecule is CC(C)CN(CC(=O)O)C(=O)Cn1[nH]c(=O)ccc1=O. The minimum Gasteiger partial charge on any atom is -0.480 e. The number of H-pyrrole nitrogens is 1. The molecule has 20 heavy (non-hydrogen) atoms. The summed E-state index contributed by atoms with van der Waals surface area (Å²) in [6.07, 6.45) is 0. The molecule has 0 fully saturated rings. The smallest absolute Gasteiger partial charge is 0.323 e. The van der Waals surface area contributed by atoms with E-state index in [1.54, 1.807) is 0 Å². The van der Waals surface area contributed by atoms with E-state index >= 15 is 0 Å². The highest BCUT2D eigenvalue weighted by molar-refractivity contribution is 5.81. The predicted molar refractivity (Wildman–Crippen MR) is 70.4 cm³/mol. The molecule has 0 spiro atoms. The summed E-state index contributed by atoms with van der Waals surface area (Å²) in [4.78, 5) is 46.5. The number of carbonyl (C=O) groups excluding carboxylic acids is 1. The molecule has 1 amide bonds. The van der Waals surface area contributed by atoms with Gasteiger partial charge in [-0.2, -0.15) is 0 Å². The zero-order chi connectivity index (χ0) is 15.3. The van der Waals surface area contributed by atoms with Crippen LogP contribution < -0.4 is 11.1 Å². The number of nitrogens with one attached hydrogen (secondary N) is 1. The van der Waals surface area contributed by atoms with Crippen LogP contribution in [0.15, 0.2) is 21.7 Å². The summed E-state index contributed by atoms with van der Waals surface area (Å²) in [7, 11) is 0. The van der Waals surface area contributed by atoms with E-state index < -0.39 is 36.1 Å². The van der Waals surface area contributed by atoms with E-state index in [0.717, 1.165) is 21.7 Å². The van der Waals surface area contributed by atoms with Gasteiger partial charge in [0, 0.05) is 18.7 Å². The molecule has 0 radical (unpaired) electrons. The third-order valence-corrected chi connectivity index (χ3v) is 2.45. The van der Waals surface area contributed by atoms with E-state index in [4.69, 9.17) is 5.11 Å². The summed E-state index contributed by atoms with van der Waals surface area (Å²) in [5.74, 6) is -1.58. The van der Waals surface area contributed by atoms with Crippen molar-refractivity contribution in [2.75, 3.05) is 13.1 Å². The summed E-state index contributed by atoms with van der Waals surface area (Å²) in [6.45, 7) is 3.12. The Kier molecular flexibility index (Phi) is 5.24. The molecule has 0 aliphatic carbocycles. The quantitative estimate of drug-likeness (QED) is 0.703. The van der Waals surface area contributed by atoms with Crippen LogP contribution in [0.5, 0.6) is 0 Å². The molecule has 8 heteroatoms. The second-order valence-corrected chi connectivity index (χ2v) is 4.80. The van der Waals surface area contributed by atoms with Crippen molar-refractivity contribution in [1.29, 1.82) is 0 Å². The maximum absolute atomic E-state index is 12.0. The minimum absolute atomic E-state index is 0.0878. The van der Waals surface area contributed by atoms with Crippen LogP contribution in [0.4, 0.5) is 0 Å². The van der Waals surface area contributed by atoms with Crippen LogP contribution >= 0.6 is 0 Å². The fourth-order valence-electron chi connectivity index (χ4n) is 1.67. The topological polar surface area (TPSA) is 112 Å². The highest BCUT2D eigenvalue weighted by Crippen LogP contribution is 2.00. The molecule has 0 saturated heterocycles. The molecule has 1 aromatic rings. The molecular weight excluding hydrogens is 266 g/mol. The molecule has 0 aliphatic heterocycles. The number of aliphatic carboxylic acids is 1. The van der Waals surface area contributed by atoms with Gasteiger partial charge in [-0.25, -0.2) is 4.68 Å². The van der Waals surface area contributed by atoms with Gasteiger partial charge in [0.1, 0.15) is 13.1 Å². The van der Waals surface area contributed by atoms with Gasteiger partial charge in [0.05, 0.1) is 0 Å². The van der Waals surface area contributed by atoms with E-state index in [2.05, 4.69) is 5.10 Å². The van der Waals surface area contributed by atoms with Gasteiger partial charge >= 0.3 is 5.97 Å². The second kappa shape index (κ2) is 6.69. The summed E-state index contributed by atoms with van der Waals surface area (Å²) < 4.78 is 0.861. The van der Waals surface area contributed by atoms with Gasteiger partial charge in [0.25, 0.3) is 11.1 Å². The van der Waals surface area contributed by atoms with Gasteiger partial charge < -0.3 is 10.0 Å². The van der Waals surface area contributed by atoms with Crippen molar-refractivity contribution < 1.29 is 14.7 Å². The molecule has 0 aromatic carbocycles. The first-order valence-electron chi connectivity index (χ1n) is 6.09.